The Morgan fingerprint density at radius 3 is 2.45 bits per heavy atom. The van der Waals surface area contributed by atoms with Crippen LogP contribution in [0, 0.1) is 17.3 Å². The number of fused-ring (bicyclic) bond motifs is 7. The van der Waals surface area contributed by atoms with Gasteiger partial charge in [-0.1, -0.05) is 64.6 Å². The van der Waals surface area contributed by atoms with E-state index < -0.39 is 47.2 Å². The number of hydrogen-bond donors (Lipinski definition) is 3. The van der Waals surface area contributed by atoms with Crippen LogP contribution in [0.4, 0.5) is 0 Å². The van der Waals surface area contributed by atoms with Gasteiger partial charge in [0, 0.05) is 61.5 Å². The highest BCUT2D eigenvalue weighted by Gasteiger charge is 2.40. The summed E-state index contributed by atoms with van der Waals surface area (Å²) >= 11 is 0. The maximum atomic E-state index is 14.7. The number of carbonyl (C=O) groups is 5. The molecule has 4 aromatic rings. The van der Waals surface area contributed by atoms with Crippen molar-refractivity contribution in [3.63, 3.8) is 0 Å². The van der Waals surface area contributed by atoms with Crippen LogP contribution in [0.15, 0.2) is 67.3 Å². The highest BCUT2D eigenvalue weighted by molar-refractivity contribution is 7.59. The van der Waals surface area contributed by atoms with Crippen molar-refractivity contribution in [1.29, 1.82) is 0 Å². The van der Waals surface area contributed by atoms with Crippen molar-refractivity contribution < 1.29 is 38.6 Å². The smallest absolute Gasteiger partial charge is 0.324 e. The van der Waals surface area contributed by atoms with Gasteiger partial charge in [-0.3, -0.25) is 29.0 Å². The van der Waals surface area contributed by atoms with Crippen molar-refractivity contribution >= 4 is 94.5 Å². The minimum atomic E-state index is -1.15. The first-order chi connectivity index (χ1) is 31.1. The van der Waals surface area contributed by atoms with Gasteiger partial charge in [0.15, 0.2) is 0 Å². The summed E-state index contributed by atoms with van der Waals surface area (Å²) in [5.74, 6) is -2.79. The van der Waals surface area contributed by atoms with Crippen LogP contribution in [0.2, 0.25) is 0 Å². The second kappa shape index (κ2) is 23.5. The predicted octanol–water partition coefficient (Wildman–Crippen LogP) is 6.35. The molecule has 8 rings (SSSR count). The quantitative estimate of drug-likeness (QED) is 0.135. The van der Waals surface area contributed by atoms with Crippen LogP contribution in [0.25, 0.3) is 33.3 Å². The average molecular weight is 1020 g/mol. The molecule has 376 valence electrons. The van der Waals surface area contributed by atoms with Crippen LogP contribution in [-0.2, 0) is 66.0 Å². The molecule has 4 amide bonds. The van der Waals surface area contributed by atoms with Gasteiger partial charge in [0.1, 0.15) is 23.9 Å². The van der Waals surface area contributed by atoms with E-state index in [0.29, 0.717) is 57.6 Å². The van der Waals surface area contributed by atoms with E-state index in [-0.39, 0.29) is 104 Å². The van der Waals surface area contributed by atoms with Gasteiger partial charge in [0.25, 0.3) is 5.91 Å². The number of nitrogens with zero attached hydrogens (tertiary/aromatic N) is 4. The molecule has 3 N–H and O–H groups in total. The normalized spacial score (nSPS) is 20.2. The number of aryl methyl sites for hydroxylation is 1. The number of hydrazine groups is 1. The first kappa shape index (κ1) is 57.0. The number of nitrogens with one attached hydrogen (secondary N) is 2. The molecular formula is C51H70N6O8S4. The molecule has 0 spiro atoms. The fraction of sp³-hybridized carbons (Fsp3) is 0.471. The number of carbonyl (C=O) groups excluding carboxylic acids is 5. The lowest BCUT2D eigenvalue weighted by molar-refractivity contribution is -0.155. The Hall–Kier alpha value is -4.59. The van der Waals surface area contributed by atoms with Gasteiger partial charge in [0.2, 0.25) is 17.7 Å². The zero-order chi connectivity index (χ0) is 46.3. The molecule has 14 nitrogen and oxygen atoms in total. The van der Waals surface area contributed by atoms with Crippen molar-refractivity contribution in [1.82, 2.24) is 30.1 Å². The maximum absolute atomic E-state index is 14.7. The SMILES string of the molecule is C=CC(=O)N1CC[C@H](C(=O)N(C)[C@H](C(=O)N[C@H]2Cc3cc(O)cc(c3)-c3ccc4c(c3)c(c(-c3cccc5c3COC5)n4CC)CC(C)(C)COC(=O)[C@@H]3CCCN(N3)C2=O)C(C)C)C1.S.S.S.S. The second-order valence-corrected chi connectivity index (χ2v) is 19.3. The molecule has 0 unspecified atom stereocenters. The molecule has 0 radical (unpaired) electrons. The average Bonchev–Trinajstić information content (AvgIpc) is 4.05. The maximum Gasteiger partial charge on any atom is 0.324 e. The van der Waals surface area contributed by atoms with Crippen molar-refractivity contribution in [2.24, 2.45) is 17.3 Å². The monoisotopic (exact) mass is 1020 g/mol. The van der Waals surface area contributed by atoms with Crippen LogP contribution in [0.3, 0.4) is 0 Å². The fourth-order valence-corrected chi connectivity index (χ4v) is 10.3. The lowest BCUT2D eigenvalue weighted by atomic mass is 9.83. The Balaban J connectivity index is 0.00000259. The Kier molecular flexibility index (Phi) is 19.5. The second-order valence-electron chi connectivity index (χ2n) is 19.3. The summed E-state index contributed by atoms with van der Waals surface area (Å²) in [5, 5.41) is 16.8. The number of aromatic nitrogens is 1. The topological polar surface area (TPSA) is 163 Å². The Labute approximate surface area is 433 Å². The number of likely N-dealkylation sites (N-methyl/N-ethyl adjacent to an activating group) is 1. The Bertz CT molecular complexity index is 2570. The molecule has 2 fully saturated rings. The molecule has 2 saturated heterocycles. The largest absolute Gasteiger partial charge is 0.508 e. The molecule has 1 aromatic heterocycles. The minimum Gasteiger partial charge on any atom is -0.508 e. The van der Waals surface area contributed by atoms with E-state index in [0.717, 1.165) is 38.9 Å². The van der Waals surface area contributed by atoms with E-state index in [9.17, 15) is 29.1 Å². The molecule has 69 heavy (non-hydrogen) atoms. The summed E-state index contributed by atoms with van der Waals surface area (Å²) in [6.45, 7) is 16.4. The summed E-state index contributed by atoms with van der Waals surface area (Å²) in [4.78, 5) is 72.3. The number of amides is 4. The number of cyclic esters (lactones) is 1. The lowest BCUT2D eigenvalue weighted by Gasteiger charge is -2.37. The standard InChI is InChI=1S/C51H62N6O8.4H2S/c1-8-44(59)55-19-17-33(26-55)48(61)54(7)45(30(3)4)47(60)52-42-22-31-20-35(23-36(58)21-31)32-15-16-43-38(24-32)39(46(56(43)9-2)37-13-10-12-34-27-64-28-40(34)37)25-51(5,6)29-65-50(63)41-14-11-18-57(53-41)49(42)62;;;;/h8,10,12-13,15-16,20-21,23-24,30,33,41-42,45,53,58H,1,9,11,14,17-19,22,25-29H2,2-7H3,(H,52,60);4*1H2/t33-,41-,42-,45-;;;;/m0..../s1. The van der Waals surface area contributed by atoms with Gasteiger partial charge < -0.3 is 34.3 Å². The zero-order valence-corrected chi connectivity index (χ0v) is 44.4. The molecule has 18 heteroatoms. The molecule has 4 aliphatic rings. The minimum absolute atomic E-state index is 0. The van der Waals surface area contributed by atoms with Crippen LogP contribution >= 0.6 is 54.0 Å². The van der Waals surface area contributed by atoms with Gasteiger partial charge in [-0.25, -0.2) is 5.43 Å². The highest BCUT2D eigenvalue weighted by atomic mass is 32.1. The van der Waals surface area contributed by atoms with E-state index in [4.69, 9.17) is 9.47 Å². The number of esters is 1. The molecule has 4 aliphatic heterocycles. The fourth-order valence-electron chi connectivity index (χ4n) is 10.3. The van der Waals surface area contributed by atoms with Crippen LogP contribution < -0.4 is 10.7 Å². The van der Waals surface area contributed by atoms with E-state index in [2.05, 4.69) is 73.0 Å². The van der Waals surface area contributed by atoms with E-state index >= 15 is 0 Å². The third-order valence-electron chi connectivity index (χ3n) is 13.6. The number of phenols is 1. The number of phenolic OH excluding ortho intramolecular Hbond substituents is 1. The molecule has 0 saturated carbocycles. The molecular weight excluding hydrogens is 953 g/mol. The van der Waals surface area contributed by atoms with Crippen molar-refractivity contribution in [3.05, 3.63) is 89.5 Å². The van der Waals surface area contributed by atoms with Crippen molar-refractivity contribution in [3.8, 4) is 28.1 Å². The molecule has 3 aromatic carbocycles. The summed E-state index contributed by atoms with van der Waals surface area (Å²) in [6, 6.07) is 15.0. The molecule has 6 bridgehead atoms. The number of rotatable bonds is 8. The lowest BCUT2D eigenvalue weighted by Crippen LogP contribution is -2.62. The van der Waals surface area contributed by atoms with Crippen LogP contribution in [0.5, 0.6) is 5.75 Å². The van der Waals surface area contributed by atoms with E-state index in [1.54, 1.807) is 24.1 Å². The van der Waals surface area contributed by atoms with E-state index in [1.165, 1.54) is 27.1 Å². The third-order valence-corrected chi connectivity index (χ3v) is 13.6. The van der Waals surface area contributed by atoms with Crippen molar-refractivity contribution in [2.75, 3.05) is 33.3 Å². The number of hydrogen-bond acceptors (Lipinski definition) is 9. The third kappa shape index (κ3) is 11.8. The summed E-state index contributed by atoms with van der Waals surface area (Å²) in [6.07, 6.45) is 3.25. The van der Waals surface area contributed by atoms with Gasteiger partial charge in [-0.2, -0.15) is 54.0 Å². The first-order valence-corrected chi connectivity index (χ1v) is 23.0. The number of ether oxygens (including phenoxy) is 2. The first-order valence-electron chi connectivity index (χ1n) is 23.0. The van der Waals surface area contributed by atoms with Gasteiger partial charge in [0.05, 0.1) is 31.4 Å². The molecule has 4 atom stereocenters. The zero-order valence-electron chi connectivity index (χ0n) is 40.4. The number of likely N-dealkylation sites (tertiary alicyclic amines) is 1. The predicted molar refractivity (Wildman–Crippen MR) is 288 cm³/mol. The molecule has 0 aliphatic carbocycles. The number of aromatic hydroxyl groups is 1. The van der Waals surface area contributed by atoms with Gasteiger partial charge >= 0.3 is 5.97 Å². The number of benzene rings is 3. The Morgan fingerprint density at radius 1 is 0.986 bits per heavy atom. The summed E-state index contributed by atoms with van der Waals surface area (Å²) < 4.78 is 14.4. The van der Waals surface area contributed by atoms with Crippen LogP contribution in [-0.4, -0.2) is 105 Å². The van der Waals surface area contributed by atoms with Gasteiger partial charge in [-0.15, -0.1) is 0 Å². The Morgan fingerprint density at radius 2 is 1.74 bits per heavy atom. The van der Waals surface area contributed by atoms with E-state index in [1.807, 2.05) is 26.0 Å². The van der Waals surface area contributed by atoms with Crippen molar-refractivity contribution in [2.45, 2.75) is 105 Å². The molecule has 5 heterocycles. The van der Waals surface area contributed by atoms with Crippen LogP contribution in [0.1, 0.15) is 76.1 Å². The summed E-state index contributed by atoms with van der Waals surface area (Å²) in [5.41, 5.74) is 11.6. The van der Waals surface area contributed by atoms with Gasteiger partial charge in [-0.05, 0) is 102 Å². The highest BCUT2D eigenvalue weighted by Crippen LogP contribution is 2.43. The summed E-state index contributed by atoms with van der Waals surface area (Å²) in [7, 11) is 1.59.